The monoisotopic (exact) mass is 516 g/mol. The van der Waals surface area contributed by atoms with Crippen LogP contribution in [0.15, 0.2) is 115 Å². The van der Waals surface area contributed by atoms with Crippen molar-refractivity contribution in [3.05, 3.63) is 137 Å². The van der Waals surface area contributed by atoms with Crippen molar-refractivity contribution >= 4 is 0 Å². The normalized spacial score (nSPS) is 20.6. The zero-order valence-electron chi connectivity index (χ0n) is 22.6. The van der Waals surface area contributed by atoms with Gasteiger partial charge in [0.25, 0.3) is 0 Å². The quantitative estimate of drug-likeness (QED) is 0.208. The fraction of sp³-hybridized carbons (Fsp3) is 0.278. The predicted molar refractivity (Wildman–Crippen MR) is 156 cm³/mol. The second kappa shape index (κ2) is 11.8. The Labute approximate surface area is 232 Å². The molecule has 1 aliphatic carbocycles. The highest BCUT2D eigenvalue weighted by atomic mass is 16.5. The molecule has 2 aliphatic rings. The van der Waals surface area contributed by atoms with E-state index in [2.05, 4.69) is 85.8 Å². The fourth-order valence-electron chi connectivity index (χ4n) is 5.92. The van der Waals surface area contributed by atoms with E-state index in [9.17, 15) is 0 Å². The van der Waals surface area contributed by atoms with Crippen molar-refractivity contribution in [3.8, 4) is 17.2 Å². The highest BCUT2D eigenvalue weighted by molar-refractivity contribution is 5.48. The van der Waals surface area contributed by atoms with Gasteiger partial charge in [-0.2, -0.15) is 0 Å². The number of hydrogen-bond donors (Lipinski definition) is 0. The van der Waals surface area contributed by atoms with Crippen LogP contribution in [-0.2, 0) is 13.2 Å². The van der Waals surface area contributed by atoms with Crippen molar-refractivity contribution in [1.29, 1.82) is 0 Å². The molecule has 0 saturated heterocycles. The van der Waals surface area contributed by atoms with Crippen molar-refractivity contribution in [2.75, 3.05) is 0 Å². The number of fused-ring (bicyclic) bond motifs is 3. The van der Waals surface area contributed by atoms with E-state index in [4.69, 9.17) is 14.2 Å². The Hall–Kier alpha value is -3.98. The van der Waals surface area contributed by atoms with Gasteiger partial charge in [-0.15, -0.1) is 0 Å². The maximum Gasteiger partial charge on any atom is 0.127 e. The van der Waals surface area contributed by atoms with Gasteiger partial charge in [0, 0.05) is 11.5 Å². The summed E-state index contributed by atoms with van der Waals surface area (Å²) in [5.74, 6) is 3.60. The molecule has 3 atom stereocenters. The second-order valence-corrected chi connectivity index (χ2v) is 10.7. The summed E-state index contributed by atoms with van der Waals surface area (Å²) >= 11 is 0. The van der Waals surface area contributed by atoms with Crippen LogP contribution in [0.25, 0.3) is 0 Å². The van der Waals surface area contributed by atoms with Crippen LogP contribution in [-0.4, -0.2) is 0 Å². The Kier molecular flexibility index (Phi) is 7.67. The van der Waals surface area contributed by atoms with E-state index >= 15 is 0 Å². The van der Waals surface area contributed by atoms with Crippen molar-refractivity contribution in [2.45, 2.75) is 57.8 Å². The number of unbranched alkanes of at least 4 members (excludes halogenated alkanes) is 1. The van der Waals surface area contributed by atoms with Crippen LogP contribution in [0, 0.1) is 5.92 Å². The minimum atomic E-state index is 0.0225. The molecular formula is C36H36O3. The third-order valence-corrected chi connectivity index (χ3v) is 7.95. The third-order valence-electron chi connectivity index (χ3n) is 7.95. The molecular weight excluding hydrogens is 480 g/mol. The van der Waals surface area contributed by atoms with E-state index in [0.29, 0.717) is 25.0 Å². The van der Waals surface area contributed by atoms with Gasteiger partial charge in [-0.1, -0.05) is 97.8 Å². The van der Waals surface area contributed by atoms with Gasteiger partial charge in [-0.05, 0) is 72.2 Å². The van der Waals surface area contributed by atoms with Crippen LogP contribution < -0.4 is 14.2 Å². The van der Waals surface area contributed by atoms with Gasteiger partial charge in [0.05, 0.1) is 0 Å². The molecule has 1 aliphatic heterocycles. The van der Waals surface area contributed by atoms with Crippen LogP contribution >= 0.6 is 0 Å². The Morgan fingerprint density at radius 2 is 1.38 bits per heavy atom. The van der Waals surface area contributed by atoms with Gasteiger partial charge in [0.2, 0.25) is 0 Å². The van der Waals surface area contributed by atoms with Crippen LogP contribution in [0.2, 0.25) is 0 Å². The molecule has 0 bridgehead atoms. The first kappa shape index (κ1) is 25.3. The molecule has 1 fully saturated rings. The Morgan fingerprint density at radius 1 is 0.744 bits per heavy atom. The highest BCUT2D eigenvalue weighted by Crippen LogP contribution is 2.56. The maximum atomic E-state index is 6.75. The molecule has 39 heavy (non-hydrogen) atoms. The molecule has 0 radical (unpaired) electrons. The van der Waals surface area contributed by atoms with E-state index < -0.39 is 0 Å². The first-order chi connectivity index (χ1) is 19.3. The topological polar surface area (TPSA) is 27.7 Å². The van der Waals surface area contributed by atoms with Crippen LogP contribution in [0.4, 0.5) is 0 Å². The van der Waals surface area contributed by atoms with Crippen molar-refractivity contribution in [1.82, 2.24) is 0 Å². The lowest BCUT2D eigenvalue weighted by Crippen LogP contribution is -2.26. The molecule has 0 amide bonds. The molecule has 4 aromatic carbocycles. The average Bonchev–Trinajstić information content (AvgIpc) is 3.43. The van der Waals surface area contributed by atoms with E-state index in [1.807, 2.05) is 30.3 Å². The molecule has 1 saturated carbocycles. The smallest absolute Gasteiger partial charge is 0.127 e. The molecule has 0 N–H and O–H groups in total. The molecule has 4 aromatic rings. The lowest BCUT2D eigenvalue weighted by molar-refractivity contribution is 0.104. The van der Waals surface area contributed by atoms with Crippen molar-refractivity contribution < 1.29 is 14.2 Å². The minimum absolute atomic E-state index is 0.0225. The van der Waals surface area contributed by atoms with Crippen molar-refractivity contribution in [3.63, 3.8) is 0 Å². The Balaban J connectivity index is 1.22. The Bertz CT molecular complexity index is 1390. The lowest BCUT2D eigenvalue weighted by atomic mass is 9.80. The molecule has 6 rings (SSSR count). The van der Waals surface area contributed by atoms with E-state index in [-0.39, 0.29) is 6.10 Å². The molecule has 3 nitrogen and oxygen atoms in total. The summed E-state index contributed by atoms with van der Waals surface area (Å²) in [5.41, 5.74) is 6.40. The third kappa shape index (κ3) is 5.88. The Morgan fingerprint density at radius 3 is 2.05 bits per heavy atom. The van der Waals surface area contributed by atoms with Gasteiger partial charge in [-0.25, -0.2) is 0 Å². The van der Waals surface area contributed by atoms with Gasteiger partial charge >= 0.3 is 0 Å². The van der Waals surface area contributed by atoms with Gasteiger partial charge in [-0.3, -0.25) is 0 Å². The van der Waals surface area contributed by atoms with Gasteiger partial charge < -0.3 is 14.2 Å². The lowest BCUT2D eigenvalue weighted by Gasteiger charge is -2.36. The number of rotatable bonds is 9. The molecule has 1 heterocycles. The summed E-state index contributed by atoms with van der Waals surface area (Å²) in [4.78, 5) is 0. The van der Waals surface area contributed by atoms with Crippen LogP contribution in [0.1, 0.15) is 66.9 Å². The summed E-state index contributed by atoms with van der Waals surface area (Å²) < 4.78 is 19.0. The van der Waals surface area contributed by atoms with E-state index in [1.54, 1.807) is 5.57 Å². The number of hydrogen-bond acceptors (Lipinski definition) is 3. The van der Waals surface area contributed by atoms with E-state index in [1.165, 1.54) is 28.7 Å². The molecule has 198 valence electrons. The van der Waals surface area contributed by atoms with Gasteiger partial charge in [0.15, 0.2) is 0 Å². The maximum absolute atomic E-state index is 6.75. The van der Waals surface area contributed by atoms with E-state index in [0.717, 1.165) is 36.5 Å². The summed E-state index contributed by atoms with van der Waals surface area (Å²) in [6, 6.07) is 35.5. The number of ether oxygens (including phenoxy) is 3. The zero-order chi connectivity index (χ0) is 26.4. The molecule has 0 unspecified atom stereocenters. The number of benzene rings is 4. The molecule has 0 aromatic heterocycles. The SMILES string of the molecule is CCCC=C1C[C@H]2[C@@H](C1)c1cc(OCc3ccccc3)ccc1O[C@H]2c1ccc(OCc2ccccc2)cc1. The largest absolute Gasteiger partial charge is 0.489 e. The fourth-order valence-corrected chi connectivity index (χ4v) is 5.92. The minimum Gasteiger partial charge on any atom is -0.489 e. The summed E-state index contributed by atoms with van der Waals surface area (Å²) in [6.45, 7) is 3.38. The average molecular weight is 517 g/mol. The summed E-state index contributed by atoms with van der Waals surface area (Å²) in [7, 11) is 0. The summed E-state index contributed by atoms with van der Waals surface area (Å²) in [6.07, 6.45) is 6.98. The van der Waals surface area contributed by atoms with Gasteiger partial charge in [0.1, 0.15) is 36.6 Å². The van der Waals surface area contributed by atoms with Crippen LogP contribution in [0.3, 0.4) is 0 Å². The molecule has 3 heteroatoms. The highest BCUT2D eigenvalue weighted by Gasteiger charge is 2.43. The first-order valence-corrected chi connectivity index (χ1v) is 14.2. The summed E-state index contributed by atoms with van der Waals surface area (Å²) in [5, 5.41) is 0. The molecule has 0 spiro atoms. The first-order valence-electron chi connectivity index (χ1n) is 14.2. The second-order valence-electron chi connectivity index (χ2n) is 10.7. The van der Waals surface area contributed by atoms with Crippen LogP contribution in [0.5, 0.6) is 17.2 Å². The predicted octanol–water partition coefficient (Wildman–Crippen LogP) is 9.20. The number of allylic oxidation sites excluding steroid dienone is 2. The zero-order valence-corrected chi connectivity index (χ0v) is 22.6. The standard InChI is InChI=1S/C36H36O3/c1-2-3-10-28-21-32-33-23-31(38-25-27-13-8-5-9-14-27)19-20-35(33)39-36(34(32)22-28)29-15-17-30(18-16-29)37-24-26-11-6-4-7-12-26/h4-20,23,32,34,36H,2-3,21-22,24-25H2,1H3/t32-,34-,36-/m0/s1. The van der Waals surface area contributed by atoms with Crippen molar-refractivity contribution in [2.24, 2.45) is 5.92 Å².